The molecule has 0 N–H and O–H groups in total. The molecule has 154 valence electrons. The number of nitrogens with zero attached hydrogens (tertiary/aromatic N) is 4. The highest BCUT2D eigenvalue weighted by Gasteiger charge is 2.34. The molecule has 0 bridgehead atoms. The van der Waals surface area contributed by atoms with Gasteiger partial charge in [-0.15, -0.1) is 11.3 Å². The first kappa shape index (κ1) is 21.6. The molecule has 0 radical (unpaired) electrons. The van der Waals surface area contributed by atoms with Gasteiger partial charge in [-0.05, 0) is 17.4 Å². The summed E-state index contributed by atoms with van der Waals surface area (Å²) in [4.78, 5) is 17.3. The van der Waals surface area contributed by atoms with Crippen LogP contribution in [0.25, 0.3) is 0 Å². The number of hydrogen-bond donors (Lipinski definition) is 0. The molecule has 3 rings (SSSR count). The minimum Gasteiger partial charge on any atom is -0.335 e. The molecular weight excluding hydrogens is 416 g/mol. The maximum absolute atomic E-state index is 13.1. The molecule has 7 nitrogen and oxygen atoms in total. The lowest BCUT2D eigenvalue weighted by atomic mass is 10.0. The molecular formula is C18H26N4O3S3. The van der Waals surface area contributed by atoms with Crippen molar-refractivity contribution in [1.29, 1.82) is 5.26 Å². The summed E-state index contributed by atoms with van der Waals surface area (Å²) in [6.45, 7) is 7.27. The topological polar surface area (TPSA) is 84.7 Å². The Labute approximate surface area is 175 Å². The van der Waals surface area contributed by atoms with Crippen LogP contribution in [-0.4, -0.2) is 85.2 Å². The summed E-state index contributed by atoms with van der Waals surface area (Å²) >= 11 is 2.94. The van der Waals surface area contributed by atoms with Gasteiger partial charge in [-0.3, -0.25) is 9.69 Å². The van der Waals surface area contributed by atoms with Gasteiger partial charge in [0.15, 0.2) is 0 Å². The summed E-state index contributed by atoms with van der Waals surface area (Å²) in [5.74, 6) is 1.57. The van der Waals surface area contributed by atoms with Gasteiger partial charge in [-0.2, -0.15) is 21.3 Å². The van der Waals surface area contributed by atoms with Crippen molar-refractivity contribution >= 4 is 39.0 Å². The number of carbonyl (C=O) groups excluding carboxylic acids is 1. The largest absolute Gasteiger partial charge is 0.335 e. The van der Waals surface area contributed by atoms with Gasteiger partial charge in [-0.25, -0.2) is 8.42 Å². The molecule has 2 fully saturated rings. The minimum atomic E-state index is -3.64. The molecule has 10 heteroatoms. The third-order valence-corrected chi connectivity index (χ3v) is 9.08. The van der Waals surface area contributed by atoms with E-state index >= 15 is 0 Å². The van der Waals surface area contributed by atoms with Crippen LogP contribution >= 0.6 is 23.1 Å². The Morgan fingerprint density at radius 1 is 1.14 bits per heavy atom. The van der Waals surface area contributed by atoms with Crippen LogP contribution in [0.5, 0.6) is 0 Å². The highest BCUT2D eigenvalue weighted by Crippen LogP contribution is 2.28. The van der Waals surface area contributed by atoms with E-state index in [2.05, 4.69) is 11.0 Å². The third-order valence-electron chi connectivity index (χ3n) is 5.17. The number of nitriles is 1. The lowest BCUT2D eigenvalue weighted by Gasteiger charge is -2.38. The van der Waals surface area contributed by atoms with E-state index in [1.54, 1.807) is 28.1 Å². The SMILES string of the molecule is CC(C)C(C#N)N1CCN(C(=O)c2sccc2S(=O)(=O)N2CCSCC2)CC1. The zero-order valence-electron chi connectivity index (χ0n) is 16.2. The standard InChI is InChI=1S/C18H26N4O3S3/c1-14(2)15(13-19)20-4-6-21(7-5-20)18(23)17-16(3-10-27-17)28(24,25)22-8-11-26-12-9-22/h3,10,14-15H,4-9,11-12H2,1-2H3. The quantitative estimate of drug-likeness (QED) is 0.691. The van der Waals surface area contributed by atoms with Gasteiger partial charge in [0.05, 0.1) is 6.07 Å². The van der Waals surface area contributed by atoms with E-state index in [9.17, 15) is 18.5 Å². The molecule has 28 heavy (non-hydrogen) atoms. The van der Waals surface area contributed by atoms with Crippen LogP contribution in [0, 0.1) is 17.2 Å². The molecule has 0 saturated carbocycles. The summed E-state index contributed by atoms with van der Waals surface area (Å²) in [6.07, 6.45) is 0. The van der Waals surface area contributed by atoms with Gasteiger partial charge in [0.25, 0.3) is 5.91 Å². The van der Waals surface area contributed by atoms with E-state index in [4.69, 9.17) is 0 Å². The minimum absolute atomic E-state index is 0.133. The van der Waals surface area contributed by atoms with Gasteiger partial charge in [0.2, 0.25) is 10.0 Å². The van der Waals surface area contributed by atoms with Crippen molar-refractivity contribution in [3.63, 3.8) is 0 Å². The van der Waals surface area contributed by atoms with Crippen molar-refractivity contribution in [2.45, 2.75) is 24.8 Å². The van der Waals surface area contributed by atoms with Crippen molar-refractivity contribution in [3.05, 3.63) is 16.3 Å². The summed E-state index contributed by atoms with van der Waals surface area (Å²) < 4.78 is 27.5. The average molecular weight is 443 g/mol. The number of sulfonamides is 1. The highest BCUT2D eigenvalue weighted by molar-refractivity contribution is 7.99. The zero-order valence-corrected chi connectivity index (χ0v) is 18.7. The Balaban J connectivity index is 1.72. The number of piperazine rings is 1. The number of thiophene rings is 1. The normalized spacial score (nSPS) is 20.9. The van der Waals surface area contributed by atoms with Gasteiger partial charge in [0, 0.05) is 50.8 Å². The predicted molar refractivity (Wildman–Crippen MR) is 112 cm³/mol. The Kier molecular flexibility index (Phi) is 7.04. The third kappa shape index (κ3) is 4.39. The van der Waals surface area contributed by atoms with Gasteiger partial charge >= 0.3 is 0 Å². The fourth-order valence-corrected chi connectivity index (χ4v) is 7.52. The van der Waals surface area contributed by atoms with Crippen LogP contribution in [-0.2, 0) is 10.0 Å². The fourth-order valence-electron chi connectivity index (χ4n) is 3.58. The van der Waals surface area contributed by atoms with Crippen LogP contribution in [0.4, 0.5) is 0 Å². The number of amides is 1. The molecule has 3 heterocycles. The molecule has 1 aromatic heterocycles. The summed E-state index contributed by atoms with van der Waals surface area (Å²) in [6, 6.07) is 3.74. The highest BCUT2D eigenvalue weighted by atomic mass is 32.2. The van der Waals surface area contributed by atoms with Gasteiger partial charge < -0.3 is 4.90 Å². The second kappa shape index (κ2) is 9.13. The molecule has 2 aliphatic heterocycles. The van der Waals surface area contributed by atoms with E-state index < -0.39 is 10.0 Å². The summed E-state index contributed by atoms with van der Waals surface area (Å²) in [5, 5.41) is 11.1. The molecule has 1 unspecified atom stereocenters. The smallest absolute Gasteiger partial charge is 0.265 e. The van der Waals surface area contributed by atoms with Crippen molar-refractivity contribution in [2.24, 2.45) is 5.92 Å². The monoisotopic (exact) mass is 442 g/mol. The second-order valence-corrected chi connectivity index (χ2v) is 11.3. The van der Waals surface area contributed by atoms with Gasteiger partial charge in [0.1, 0.15) is 15.8 Å². The second-order valence-electron chi connectivity index (χ2n) is 7.28. The Hall–Kier alpha value is -1.12. The van der Waals surface area contributed by atoms with Crippen LogP contribution in [0.15, 0.2) is 16.3 Å². The van der Waals surface area contributed by atoms with Crippen molar-refractivity contribution in [1.82, 2.24) is 14.1 Å². The average Bonchev–Trinajstić information content (AvgIpc) is 3.20. The lowest BCUT2D eigenvalue weighted by molar-refractivity contribution is 0.0578. The van der Waals surface area contributed by atoms with E-state index in [1.165, 1.54) is 15.6 Å². The van der Waals surface area contributed by atoms with Crippen LogP contribution in [0.3, 0.4) is 0 Å². The Morgan fingerprint density at radius 2 is 1.79 bits per heavy atom. The van der Waals surface area contributed by atoms with Gasteiger partial charge in [-0.1, -0.05) is 13.8 Å². The lowest BCUT2D eigenvalue weighted by Crippen LogP contribution is -2.52. The number of carbonyl (C=O) groups is 1. The first-order valence-electron chi connectivity index (χ1n) is 9.44. The Bertz CT molecular complexity index is 833. The first-order valence-corrected chi connectivity index (χ1v) is 12.9. The number of rotatable bonds is 5. The molecule has 0 aromatic carbocycles. The zero-order chi connectivity index (χ0) is 20.3. The predicted octanol–water partition coefficient (Wildman–Crippen LogP) is 1.79. The molecule has 1 aromatic rings. The van der Waals surface area contributed by atoms with Crippen LogP contribution < -0.4 is 0 Å². The molecule has 2 saturated heterocycles. The molecule has 0 spiro atoms. The number of hydrogen-bond acceptors (Lipinski definition) is 7. The summed E-state index contributed by atoms with van der Waals surface area (Å²) in [7, 11) is -3.64. The van der Waals surface area contributed by atoms with Crippen molar-refractivity contribution < 1.29 is 13.2 Å². The maximum Gasteiger partial charge on any atom is 0.265 e. The fraction of sp³-hybridized carbons (Fsp3) is 0.667. The van der Waals surface area contributed by atoms with Crippen molar-refractivity contribution in [3.8, 4) is 6.07 Å². The van der Waals surface area contributed by atoms with Crippen LogP contribution in [0.2, 0.25) is 0 Å². The summed E-state index contributed by atoms with van der Waals surface area (Å²) in [5.41, 5.74) is 0. The first-order chi connectivity index (χ1) is 13.4. The number of thioether (sulfide) groups is 1. The molecule has 1 atom stereocenters. The molecule has 0 aliphatic carbocycles. The van der Waals surface area contributed by atoms with Crippen LogP contribution in [0.1, 0.15) is 23.5 Å². The van der Waals surface area contributed by atoms with E-state index in [0.717, 1.165) is 11.5 Å². The molecule has 2 aliphatic rings. The van der Waals surface area contributed by atoms with E-state index in [0.29, 0.717) is 44.1 Å². The van der Waals surface area contributed by atoms with Crippen molar-refractivity contribution in [2.75, 3.05) is 50.8 Å². The van der Waals surface area contributed by atoms with E-state index in [1.807, 2.05) is 13.8 Å². The van der Waals surface area contributed by atoms with E-state index in [-0.39, 0.29) is 22.8 Å². The maximum atomic E-state index is 13.1. The molecule has 1 amide bonds. The Morgan fingerprint density at radius 3 is 2.36 bits per heavy atom.